The largest absolute Gasteiger partial charge is 0.355 e. The van der Waals surface area contributed by atoms with E-state index in [9.17, 15) is 4.79 Å². The number of carbonyl (C=O) groups is 1. The fourth-order valence-electron chi connectivity index (χ4n) is 2.31. The smallest absolute Gasteiger partial charge is 0.234 e. The van der Waals surface area contributed by atoms with E-state index in [4.69, 9.17) is 5.26 Å². The number of unbranched alkanes of at least 4 members (excludes halogenated alkanes) is 5. The zero-order valence-electron chi connectivity index (χ0n) is 16.5. The van der Waals surface area contributed by atoms with Crippen molar-refractivity contribution in [3.8, 4) is 6.07 Å². The van der Waals surface area contributed by atoms with Crippen LogP contribution in [-0.4, -0.2) is 12.5 Å². The highest BCUT2D eigenvalue weighted by Gasteiger charge is 1.96. The summed E-state index contributed by atoms with van der Waals surface area (Å²) < 4.78 is 0. The lowest BCUT2D eigenvalue weighted by Crippen LogP contribution is -2.23. The molecule has 1 N–H and O–H groups in total. The average molecular weight is 357 g/mol. The summed E-state index contributed by atoms with van der Waals surface area (Å²) in [5.41, 5.74) is 0. The van der Waals surface area contributed by atoms with Crippen LogP contribution in [0.5, 0.6) is 0 Å². The minimum atomic E-state index is -0.176. The third-order valence-electron chi connectivity index (χ3n) is 3.82. The summed E-state index contributed by atoms with van der Waals surface area (Å²) in [6.07, 6.45) is 28.9. The fourth-order valence-corrected chi connectivity index (χ4v) is 2.31. The van der Waals surface area contributed by atoms with Crippen molar-refractivity contribution < 1.29 is 4.79 Å². The minimum absolute atomic E-state index is 0.0445. The van der Waals surface area contributed by atoms with Crippen LogP contribution in [-0.2, 0) is 4.79 Å². The summed E-state index contributed by atoms with van der Waals surface area (Å²) in [5, 5.41) is 11.1. The van der Waals surface area contributed by atoms with Crippen molar-refractivity contribution in [3.05, 3.63) is 48.6 Å². The molecule has 0 spiro atoms. The normalized spacial score (nSPS) is 11.8. The van der Waals surface area contributed by atoms with Crippen LogP contribution in [0.2, 0.25) is 0 Å². The molecule has 0 heterocycles. The Morgan fingerprint density at radius 2 is 1.31 bits per heavy atom. The molecule has 0 saturated carbocycles. The van der Waals surface area contributed by atoms with Gasteiger partial charge in [-0.3, -0.25) is 4.79 Å². The quantitative estimate of drug-likeness (QED) is 0.266. The SMILES string of the molecule is CCCCCC=CCC=CCC=CCC=CCCCCNC(=O)CC#N. The molecule has 0 aliphatic carbocycles. The van der Waals surface area contributed by atoms with Crippen LogP contribution in [0.3, 0.4) is 0 Å². The van der Waals surface area contributed by atoms with Gasteiger partial charge in [-0.1, -0.05) is 68.4 Å². The molecule has 0 fully saturated rings. The molecule has 1 amide bonds. The van der Waals surface area contributed by atoms with Crippen molar-refractivity contribution in [1.82, 2.24) is 5.32 Å². The van der Waals surface area contributed by atoms with E-state index in [1.807, 2.05) is 6.07 Å². The molecular formula is C23H36N2O. The van der Waals surface area contributed by atoms with Crippen LogP contribution in [0.1, 0.15) is 77.6 Å². The van der Waals surface area contributed by atoms with Crippen LogP contribution < -0.4 is 5.32 Å². The standard InChI is InChI=1S/C23H36N2O/c1-2-3-4-5-6-7-8-9-10-11-12-13-14-15-16-17-18-19-22-25-23(26)20-21-24/h6-7,9-10,12-13,15-16H,2-5,8,11,14,17-20,22H2,1H3,(H,25,26). The molecule has 0 aromatic carbocycles. The maximum absolute atomic E-state index is 11.1. The second-order valence-electron chi connectivity index (χ2n) is 6.27. The second-order valence-corrected chi connectivity index (χ2v) is 6.27. The molecule has 0 unspecified atom stereocenters. The fraction of sp³-hybridized carbons (Fsp3) is 0.565. The van der Waals surface area contributed by atoms with Gasteiger partial charge in [-0.25, -0.2) is 0 Å². The van der Waals surface area contributed by atoms with Gasteiger partial charge in [0.2, 0.25) is 5.91 Å². The summed E-state index contributed by atoms with van der Waals surface area (Å²) in [6, 6.07) is 1.84. The lowest BCUT2D eigenvalue weighted by molar-refractivity contribution is -0.120. The van der Waals surface area contributed by atoms with Gasteiger partial charge in [0.25, 0.3) is 0 Å². The first-order valence-corrected chi connectivity index (χ1v) is 10.0. The first-order chi connectivity index (χ1) is 12.8. The van der Waals surface area contributed by atoms with Gasteiger partial charge in [0.1, 0.15) is 6.42 Å². The van der Waals surface area contributed by atoms with E-state index in [0.717, 1.165) is 38.5 Å². The summed E-state index contributed by atoms with van der Waals surface area (Å²) >= 11 is 0. The predicted molar refractivity (Wildman–Crippen MR) is 112 cm³/mol. The highest BCUT2D eigenvalue weighted by Crippen LogP contribution is 2.01. The molecule has 0 bridgehead atoms. The molecule has 0 atom stereocenters. The molecule has 0 aliphatic rings. The Balaban J connectivity index is 3.41. The van der Waals surface area contributed by atoms with Crippen LogP contribution in [0, 0.1) is 11.3 Å². The average Bonchev–Trinajstić information content (AvgIpc) is 2.64. The zero-order valence-corrected chi connectivity index (χ0v) is 16.5. The molecule has 0 radical (unpaired) electrons. The monoisotopic (exact) mass is 356 g/mol. The van der Waals surface area contributed by atoms with Gasteiger partial charge in [0.15, 0.2) is 0 Å². The van der Waals surface area contributed by atoms with Crippen LogP contribution >= 0.6 is 0 Å². The van der Waals surface area contributed by atoms with Crippen molar-refractivity contribution in [3.63, 3.8) is 0 Å². The molecule has 144 valence electrons. The highest BCUT2D eigenvalue weighted by molar-refractivity contribution is 5.77. The lowest BCUT2D eigenvalue weighted by Gasteiger charge is -2.00. The van der Waals surface area contributed by atoms with E-state index in [1.54, 1.807) is 0 Å². The topological polar surface area (TPSA) is 52.9 Å². The van der Waals surface area contributed by atoms with Gasteiger partial charge in [0, 0.05) is 6.54 Å². The molecular weight excluding hydrogens is 320 g/mol. The zero-order chi connectivity index (χ0) is 19.1. The van der Waals surface area contributed by atoms with E-state index in [2.05, 4.69) is 60.8 Å². The molecule has 0 aromatic rings. The van der Waals surface area contributed by atoms with E-state index >= 15 is 0 Å². The summed E-state index contributed by atoms with van der Waals surface area (Å²) in [4.78, 5) is 11.1. The summed E-state index contributed by atoms with van der Waals surface area (Å²) in [5.74, 6) is -0.176. The molecule has 3 heteroatoms. The Morgan fingerprint density at radius 1 is 0.808 bits per heavy atom. The van der Waals surface area contributed by atoms with Crippen molar-refractivity contribution in [2.45, 2.75) is 77.6 Å². The number of nitrogens with one attached hydrogen (secondary N) is 1. The number of hydrogen-bond acceptors (Lipinski definition) is 2. The predicted octanol–water partition coefficient (Wildman–Crippen LogP) is 6.16. The van der Waals surface area contributed by atoms with Gasteiger partial charge in [-0.2, -0.15) is 5.26 Å². The van der Waals surface area contributed by atoms with Crippen molar-refractivity contribution >= 4 is 5.91 Å². The first-order valence-electron chi connectivity index (χ1n) is 10.0. The Morgan fingerprint density at radius 3 is 1.81 bits per heavy atom. The number of nitriles is 1. The molecule has 0 aromatic heterocycles. The summed E-state index contributed by atoms with van der Waals surface area (Å²) in [7, 11) is 0. The van der Waals surface area contributed by atoms with Crippen LogP contribution in [0.4, 0.5) is 0 Å². The molecule has 0 saturated heterocycles. The molecule has 0 rings (SSSR count). The number of carbonyl (C=O) groups excluding carboxylic acids is 1. The van der Waals surface area contributed by atoms with Gasteiger partial charge < -0.3 is 5.32 Å². The first kappa shape index (κ1) is 23.9. The number of amides is 1. The van der Waals surface area contributed by atoms with E-state index in [1.165, 1.54) is 25.7 Å². The molecule has 26 heavy (non-hydrogen) atoms. The molecule has 0 aliphatic heterocycles. The van der Waals surface area contributed by atoms with E-state index < -0.39 is 0 Å². The molecule has 3 nitrogen and oxygen atoms in total. The van der Waals surface area contributed by atoms with Gasteiger partial charge in [0.05, 0.1) is 6.07 Å². The van der Waals surface area contributed by atoms with Gasteiger partial charge >= 0.3 is 0 Å². The third kappa shape index (κ3) is 20.0. The number of rotatable bonds is 16. The maximum atomic E-state index is 11.1. The van der Waals surface area contributed by atoms with Crippen LogP contribution in [0.25, 0.3) is 0 Å². The van der Waals surface area contributed by atoms with Crippen molar-refractivity contribution in [1.29, 1.82) is 5.26 Å². The lowest BCUT2D eigenvalue weighted by atomic mass is 10.2. The minimum Gasteiger partial charge on any atom is -0.355 e. The van der Waals surface area contributed by atoms with Crippen molar-refractivity contribution in [2.75, 3.05) is 6.54 Å². The third-order valence-corrected chi connectivity index (χ3v) is 3.82. The van der Waals surface area contributed by atoms with Crippen LogP contribution in [0.15, 0.2) is 48.6 Å². The number of hydrogen-bond donors (Lipinski definition) is 1. The second kappa shape index (κ2) is 21.0. The van der Waals surface area contributed by atoms with Gasteiger partial charge in [-0.05, 0) is 51.4 Å². The van der Waals surface area contributed by atoms with Gasteiger partial charge in [-0.15, -0.1) is 0 Å². The Bertz CT molecular complexity index is 481. The Hall–Kier alpha value is -2.08. The number of nitrogens with zero attached hydrogens (tertiary/aromatic N) is 1. The Kier molecular flexibility index (Phi) is 19.3. The number of allylic oxidation sites excluding steroid dienone is 8. The van der Waals surface area contributed by atoms with E-state index in [-0.39, 0.29) is 12.3 Å². The van der Waals surface area contributed by atoms with Crippen molar-refractivity contribution in [2.24, 2.45) is 0 Å². The summed E-state index contributed by atoms with van der Waals surface area (Å²) in [6.45, 7) is 2.90. The highest BCUT2D eigenvalue weighted by atomic mass is 16.1. The Labute approximate surface area is 160 Å². The maximum Gasteiger partial charge on any atom is 0.234 e. The van der Waals surface area contributed by atoms with E-state index in [0.29, 0.717) is 6.54 Å².